The zero-order chi connectivity index (χ0) is 35.6. The third kappa shape index (κ3) is 7.43. The summed E-state index contributed by atoms with van der Waals surface area (Å²) in [6.45, 7) is 19.5. The summed E-state index contributed by atoms with van der Waals surface area (Å²) in [4.78, 5) is 58.9. The number of rotatable bonds is 15. The second-order valence-electron chi connectivity index (χ2n) is 15.2. The molecule has 3 heterocycles. The molecule has 48 heavy (non-hydrogen) atoms. The molecule has 8 atom stereocenters. The molecule has 0 saturated carbocycles. The molecule has 3 aliphatic heterocycles. The van der Waals surface area contributed by atoms with Crippen LogP contribution >= 0.6 is 15.9 Å². The predicted octanol–water partition coefficient (Wildman–Crippen LogP) is 4.71. The highest BCUT2D eigenvalue weighted by atomic mass is 79.9. The number of hydrogen-bond acceptors (Lipinski definition) is 7. The smallest absolute Gasteiger partial charge is 0.313 e. The number of halogens is 1. The lowest BCUT2D eigenvalue weighted by Gasteiger charge is -2.45. The van der Waals surface area contributed by atoms with Crippen molar-refractivity contribution in [3.05, 3.63) is 61.2 Å². The number of nitrogens with one attached hydrogen (secondary N) is 1. The maximum atomic E-state index is 14.8. The van der Waals surface area contributed by atoms with Crippen molar-refractivity contribution in [2.45, 2.75) is 107 Å². The van der Waals surface area contributed by atoms with Crippen molar-refractivity contribution in [2.75, 3.05) is 19.7 Å². The number of hydrogen-bond donors (Lipinski definition) is 2. The monoisotopic (exact) mass is 729 g/mol. The van der Waals surface area contributed by atoms with Crippen LogP contribution in [-0.4, -0.2) is 92.4 Å². The van der Waals surface area contributed by atoms with Crippen LogP contribution in [0.1, 0.15) is 78.9 Å². The molecule has 11 heteroatoms. The highest BCUT2D eigenvalue weighted by Gasteiger charge is 2.77. The number of amides is 3. The number of β-amino-alcohol motifs (C(OH)–C–C–N with tert-alkyl or cyclic N) is 1. The number of ether oxygens (including phenoxy) is 2. The first-order valence-electron chi connectivity index (χ1n) is 16.8. The number of likely N-dealkylation sites (tertiary alicyclic amines) is 1. The number of carbonyl (C=O) groups excluding carboxylic acids is 4. The topological polar surface area (TPSA) is 125 Å². The molecule has 0 aliphatic carbocycles. The third-order valence-corrected chi connectivity index (χ3v) is 10.5. The van der Waals surface area contributed by atoms with Gasteiger partial charge in [0.1, 0.15) is 17.7 Å². The number of aliphatic hydroxyl groups is 1. The summed E-state index contributed by atoms with van der Waals surface area (Å²) in [6.07, 6.45) is 3.54. The minimum Gasteiger partial charge on any atom is -0.455 e. The van der Waals surface area contributed by atoms with Gasteiger partial charge in [0.25, 0.3) is 0 Å². The number of benzene rings is 1. The Labute approximate surface area is 293 Å². The van der Waals surface area contributed by atoms with E-state index in [-0.39, 0.29) is 48.2 Å². The van der Waals surface area contributed by atoms with E-state index in [0.717, 1.165) is 0 Å². The number of esters is 1. The second kappa shape index (κ2) is 14.8. The van der Waals surface area contributed by atoms with Crippen LogP contribution in [0.15, 0.2) is 55.6 Å². The van der Waals surface area contributed by atoms with Crippen molar-refractivity contribution in [1.82, 2.24) is 15.1 Å². The van der Waals surface area contributed by atoms with Crippen LogP contribution in [0.5, 0.6) is 0 Å². The molecule has 10 nitrogen and oxygen atoms in total. The summed E-state index contributed by atoms with van der Waals surface area (Å²) in [7, 11) is 0. The molecular weight excluding hydrogens is 678 g/mol. The molecule has 3 amide bonds. The molecule has 2 bridgehead atoms. The average molecular weight is 731 g/mol. The second-order valence-corrected chi connectivity index (χ2v) is 16.3. The Bertz CT molecular complexity index is 1380. The van der Waals surface area contributed by atoms with Gasteiger partial charge in [-0.15, -0.1) is 13.2 Å². The van der Waals surface area contributed by atoms with E-state index in [9.17, 15) is 24.3 Å². The van der Waals surface area contributed by atoms with Gasteiger partial charge in [0.05, 0.1) is 30.6 Å². The van der Waals surface area contributed by atoms with E-state index in [1.54, 1.807) is 24.0 Å². The molecule has 2 N–H and O–H groups in total. The average Bonchev–Trinajstić information content (AvgIpc) is 3.59. The van der Waals surface area contributed by atoms with Gasteiger partial charge in [0.2, 0.25) is 17.7 Å². The summed E-state index contributed by atoms with van der Waals surface area (Å²) >= 11 is 3.72. The zero-order valence-corrected chi connectivity index (χ0v) is 30.7. The van der Waals surface area contributed by atoms with Crippen molar-refractivity contribution >= 4 is 39.6 Å². The molecule has 0 radical (unpaired) electrons. The van der Waals surface area contributed by atoms with E-state index < -0.39 is 59.1 Å². The molecule has 0 aromatic heterocycles. The van der Waals surface area contributed by atoms with Gasteiger partial charge in [-0.05, 0) is 51.0 Å². The predicted molar refractivity (Wildman–Crippen MR) is 187 cm³/mol. The molecule has 1 spiro atoms. The summed E-state index contributed by atoms with van der Waals surface area (Å²) in [5.74, 6) is -3.57. The van der Waals surface area contributed by atoms with Crippen LogP contribution in [0.2, 0.25) is 0 Å². The van der Waals surface area contributed by atoms with E-state index in [1.807, 2.05) is 44.2 Å². The maximum absolute atomic E-state index is 14.8. The third-order valence-electron chi connectivity index (χ3n) is 9.70. The quantitative estimate of drug-likeness (QED) is 0.152. The first-order valence-corrected chi connectivity index (χ1v) is 17.8. The van der Waals surface area contributed by atoms with E-state index >= 15 is 0 Å². The molecule has 3 aliphatic rings. The van der Waals surface area contributed by atoms with Gasteiger partial charge >= 0.3 is 5.97 Å². The molecule has 3 saturated heterocycles. The van der Waals surface area contributed by atoms with Crippen LogP contribution in [0.25, 0.3) is 0 Å². The highest BCUT2D eigenvalue weighted by molar-refractivity contribution is 9.09. The van der Waals surface area contributed by atoms with Gasteiger partial charge in [-0.3, -0.25) is 19.2 Å². The number of allylic oxidation sites excluding steroid dienone is 1. The van der Waals surface area contributed by atoms with Gasteiger partial charge < -0.3 is 29.7 Å². The number of alkyl halides is 1. The molecule has 1 unspecified atom stereocenters. The van der Waals surface area contributed by atoms with Crippen LogP contribution < -0.4 is 5.32 Å². The van der Waals surface area contributed by atoms with Gasteiger partial charge in [-0.25, -0.2) is 0 Å². The highest BCUT2D eigenvalue weighted by Crippen LogP contribution is 2.60. The number of fused-ring (bicyclic) bond motifs is 1. The summed E-state index contributed by atoms with van der Waals surface area (Å²) in [5, 5.41) is 13.0. The number of carbonyl (C=O) groups is 4. The largest absolute Gasteiger partial charge is 0.455 e. The van der Waals surface area contributed by atoms with Gasteiger partial charge in [-0.1, -0.05) is 79.2 Å². The zero-order valence-electron chi connectivity index (χ0n) is 29.1. The molecule has 1 aromatic carbocycles. The molecule has 264 valence electrons. The summed E-state index contributed by atoms with van der Waals surface area (Å²) in [5.41, 5.74) is -1.33. The van der Waals surface area contributed by atoms with Crippen LogP contribution in [0.3, 0.4) is 0 Å². The Balaban J connectivity index is 1.71. The van der Waals surface area contributed by atoms with E-state index in [0.29, 0.717) is 24.8 Å². The van der Waals surface area contributed by atoms with Gasteiger partial charge in [0.15, 0.2) is 0 Å². The Hall–Kier alpha value is -3.02. The Morgan fingerprint density at radius 1 is 1.19 bits per heavy atom. The van der Waals surface area contributed by atoms with Gasteiger partial charge in [-0.2, -0.15) is 0 Å². The minimum atomic E-state index is -1.31. The normalized spacial score (nSPS) is 27.6. The number of nitrogens with zero attached hydrogens (tertiary/aromatic N) is 2. The Morgan fingerprint density at radius 2 is 1.85 bits per heavy atom. The van der Waals surface area contributed by atoms with Crippen LogP contribution in [0.4, 0.5) is 0 Å². The van der Waals surface area contributed by atoms with Gasteiger partial charge in [0, 0.05) is 29.9 Å². The first-order chi connectivity index (χ1) is 22.5. The molecule has 4 rings (SSSR count). The minimum absolute atomic E-state index is 0.0850. The molecule has 3 fully saturated rings. The van der Waals surface area contributed by atoms with Crippen molar-refractivity contribution in [3.63, 3.8) is 0 Å². The fraction of sp³-hybridized carbons (Fsp3) is 0.622. The summed E-state index contributed by atoms with van der Waals surface area (Å²) in [6, 6.07) is 7.50. The number of aliphatic hydroxyl groups excluding tert-OH is 1. The lowest BCUT2D eigenvalue weighted by molar-refractivity contribution is -0.162. The fourth-order valence-electron chi connectivity index (χ4n) is 8.27. The van der Waals surface area contributed by atoms with Crippen molar-refractivity contribution in [2.24, 2.45) is 17.3 Å². The van der Waals surface area contributed by atoms with E-state index in [4.69, 9.17) is 9.47 Å². The van der Waals surface area contributed by atoms with Crippen LogP contribution in [-0.2, 0) is 28.7 Å². The lowest BCUT2D eigenvalue weighted by atomic mass is 9.70. The first kappa shape index (κ1) is 37.8. The van der Waals surface area contributed by atoms with Crippen LogP contribution in [0, 0.1) is 17.3 Å². The Kier molecular flexibility index (Phi) is 11.7. The molecular formula is C37H52BrN3O7. The lowest BCUT2D eigenvalue weighted by Crippen LogP contribution is -2.61. The standard InChI is InChI=1S/C37H52BrN3O7/c1-9-11-17-26(43)39-23(3)29(24-15-13-12-14-16-24)47-34(46)27-28-32(44)40(19-20-42)31(37(28)21-25(38)30(27)48-37)33(45)41(18-10-2)36(7,8)22-35(4,5)6/h9-10,12-16,23,25,27-31,42H,1-2,11,17-22H2,3-8H3,(H,39,43)/t23-,25?,27-,28+,29-,30-,31-,37+/m1/s1. The van der Waals surface area contributed by atoms with Crippen molar-refractivity contribution in [1.29, 1.82) is 0 Å². The maximum Gasteiger partial charge on any atom is 0.313 e. The molecule has 1 aromatic rings. The fourth-order valence-corrected chi connectivity index (χ4v) is 9.21. The Morgan fingerprint density at radius 3 is 2.44 bits per heavy atom. The summed E-state index contributed by atoms with van der Waals surface area (Å²) < 4.78 is 12.9. The van der Waals surface area contributed by atoms with Crippen molar-refractivity contribution in [3.8, 4) is 0 Å². The van der Waals surface area contributed by atoms with Crippen molar-refractivity contribution < 1.29 is 33.8 Å². The van der Waals surface area contributed by atoms with E-state index in [1.165, 1.54) is 4.90 Å². The van der Waals surface area contributed by atoms with E-state index in [2.05, 4.69) is 55.2 Å². The SMILES string of the molecule is C=CCCC(=O)N[C@H](C)[C@@H](OC(=O)[C@H]1[C@@H]2O[C@@]3(CC2Br)[C@@H]1C(=O)N(CCO)[C@@H]3C(=O)N(CC=C)C(C)(C)CC(C)(C)C)c1ccccc1.